The second kappa shape index (κ2) is 7.21. The Kier molecular flexibility index (Phi) is 6.25. The molecule has 3 unspecified atom stereocenters. The maximum atomic E-state index is 11.2. The Morgan fingerprint density at radius 3 is 2.69 bits per heavy atom. The van der Waals surface area contributed by atoms with E-state index in [1.165, 1.54) is 12.8 Å². The highest BCUT2D eigenvalue weighted by molar-refractivity contribution is 7.98. The van der Waals surface area contributed by atoms with Crippen molar-refractivity contribution in [2.75, 3.05) is 12.0 Å². The van der Waals surface area contributed by atoms with Crippen molar-refractivity contribution in [3.63, 3.8) is 0 Å². The summed E-state index contributed by atoms with van der Waals surface area (Å²) in [6.45, 7) is 2.22. The summed E-state index contributed by atoms with van der Waals surface area (Å²) in [6, 6.07) is 0. The molecule has 3 atom stereocenters. The molecule has 1 aliphatic rings. The molecule has 1 saturated carbocycles. The summed E-state index contributed by atoms with van der Waals surface area (Å²) in [4.78, 5) is 11.2. The molecule has 94 valence electrons. The molecule has 0 aromatic heterocycles. The largest absolute Gasteiger partial charge is 0.481 e. The molecular formula is C13H24O2S. The van der Waals surface area contributed by atoms with E-state index in [4.69, 9.17) is 0 Å². The van der Waals surface area contributed by atoms with Crippen LogP contribution in [0.25, 0.3) is 0 Å². The summed E-state index contributed by atoms with van der Waals surface area (Å²) < 4.78 is 0. The molecule has 1 aliphatic carbocycles. The lowest BCUT2D eigenvalue weighted by molar-refractivity contribution is -0.145. The van der Waals surface area contributed by atoms with E-state index in [-0.39, 0.29) is 5.92 Å². The molecule has 0 spiro atoms. The third-order valence-corrected chi connectivity index (χ3v) is 4.44. The molecular weight excluding hydrogens is 220 g/mol. The third-order valence-electron chi connectivity index (χ3n) is 3.80. The Morgan fingerprint density at radius 1 is 1.38 bits per heavy atom. The first-order chi connectivity index (χ1) is 7.69. The number of carbonyl (C=O) groups is 1. The van der Waals surface area contributed by atoms with Crippen molar-refractivity contribution in [1.82, 2.24) is 0 Å². The fraction of sp³-hybridized carbons (Fsp3) is 0.923. The van der Waals surface area contributed by atoms with Crippen LogP contribution < -0.4 is 0 Å². The van der Waals surface area contributed by atoms with E-state index in [0.29, 0.717) is 5.92 Å². The molecule has 1 N–H and O–H groups in total. The van der Waals surface area contributed by atoms with Crippen molar-refractivity contribution in [2.24, 2.45) is 17.8 Å². The van der Waals surface area contributed by atoms with Gasteiger partial charge in [0, 0.05) is 0 Å². The summed E-state index contributed by atoms with van der Waals surface area (Å²) in [5.41, 5.74) is 0. The fourth-order valence-corrected chi connectivity index (χ4v) is 3.48. The van der Waals surface area contributed by atoms with E-state index in [1.54, 1.807) is 0 Å². The van der Waals surface area contributed by atoms with E-state index < -0.39 is 5.97 Å². The first kappa shape index (κ1) is 13.9. The molecule has 0 aromatic rings. The lowest BCUT2D eigenvalue weighted by Crippen LogP contribution is -2.31. The summed E-state index contributed by atoms with van der Waals surface area (Å²) in [7, 11) is 0. The van der Waals surface area contributed by atoms with Gasteiger partial charge < -0.3 is 5.11 Å². The van der Waals surface area contributed by atoms with E-state index in [2.05, 4.69) is 13.2 Å². The van der Waals surface area contributed by atoms with Gasteiger partial charge in [0.1, 0.15) is 0 Å². The molecule has 0 radical (unpaired) electrons. The predicted octanol–water partition coefficient (Wildman–Crippen LogP) is 3.66. The van der Waals surface area contributed by atoms with Crippen LogP contribution in [0.3, 0.4) is 0 Å². The minimum atomic E-state index is -0.568. The van der Waals surface area contributed by atoms with Gasteiger partial charge in [0.05, 0.1) is 5.92 Å². The van der Waals surface area contributed by atoms with Gasteiger partial charge in [-0.1, -0.05) is 19.8 Å². The first-order valence-electron chi connectivity index (χ1n) is 6.40. The van der Waals surface area contributed by atoms with Crippen molar-refractivity contribution in [3.05, 3.63) is 0 Å². The first-order valence-corrected chi connectivity index (χ1v) is 7.80. The standard InChI is InChI=1S/C13H24O2S/c1-3-4-10-5-6-12(13(14)15)11(9-10)7-8-16-2/h10-12H,3-9H2,1-2H3,(H,14,15). The number of rotatable bonds is 6. The second-order valence-corrected chi connectivity index (χ2v) is 5.94. The average molecular weight is 244 g/mol. The number of hydrogen-bond donors (Lipinski definition) is 1. The van der Waals surface area contributed by atoms with Gasteiger partial charge in [-0.3, -0.25) is 4.79 Å². The lowest BCUT2D eigenvalue weighted by atomic mass is 9.72. The molecule has 0 saturated heterocycles. The van der Waals surface area contributed by atoms with Crippen molar-refractivity contribution in [2.45, 2.75) is 45.4 Å². The number of carboxylic acid groups (broad SMARTS) is 1. The van der Waals surface area contributed by atoms with E-state index >= 15 is 0 Å². The lowest BCUT2D eigenvalue weighted by Gasteiger charge is -2.34. The van der Waals surface area contributed by atoms with Gasteiger partial charge in [0.25, 0.3) is 0 Å². The molecule has 3 heteroatoms. The second-order valence-electron chi connectivity index (χ2n) is 4.95. The SMILES string of the molecule is CCCC1CCC(C(=O)O)C(CCSC)C1. The number of carboxylic acids is 1. The van der Waals surface area contributed by atoms with E-state index in [1.807, 2.05) is 11.8 Å². The smallest absolute Gasteiger partial charge is 0.306 e. The van der Waals surface area contributed by atoms with Crippen LogP contribution >= 0.6 is 11.8 Å². The van der Waals surface area contributed by atoms with Crippen molar-refractivity contribution in [1.29, 1.82) is 0 Å². The van der Waals surface area contributed by atoms with Gasteiger partial charge in [0.2, 0.25) is 0 Å². The van der Waals surface area contributed by atoms with Gasteiger partial charge in [-0.15, -0.1) is 0 Å². The normalized spacial score (nSPS) is 30.2. The highest BCUT2D eigenvalue weighted by Crippen LogP contribution is 2.38. The molecule has 0 heterocycles. The fourth-order valence-electron chi connectivity index (χ4n) is 2.95. The zero-order chi connectivity index (χ0) is 12.0. The number of hydrogen-bond acceptors (Lipinski definition) is 2. The molecule has 16 heavy (non-hydrogen) atoms. The Hall–Kier alpha value is -0.180. The Morgan fingerprint density at radius 2 is 2.12 bits per heavy atom. The topological polar surface area (TPSA) is 37.3 Å². The molecule has 0 aliphatic heterocycles. The maximum Gasteiger partial charge on any atom is 0.306 e. The zero-order valence-electron chi connectivity index (χ0n) is 10.4. The molecule has 2 nitrogen and oxygen atoms in total. The maximum absolute atomic E-state index is 11.2. The predicted molar refractivity (Wildman–Crippen MR) is 69.9 cm³/mol. The van der Waals surface area contributed by atoms with Crippen LogP contribution in [0.15, 0.2) is 0 Å². The van der Waals surface area contributed by atoms with Gasteiger partial charge >= 0.3 is 5.97 Å². The van der Waals surface area contributed by atoms with Crippen LogP contribution in [-0.4, -0.2) is 23.1 Å². The Balaban J connectivity index is 2.50. The summed E-state index contributed by atoms with van der Waals surface area (Å²) >= 11 is 1.83. The molecule has 0 amide bonds. The average Bonchev–Trinajstić information content (AvgIpc) is 2.26. The van der Waals surface area contributed by atoms with Crippen LogP contribution in [0.5, 0.6) is 0 Å². The summed E-state index contributed by atoms with van der Waals surface area (Å²) in [5, 5.41) is 9.22. The van der Waals surface area contributed by atoms with Crippen LogP contribution in [0.4, 0.5) is 0 Å². The van der Waals surface area contributed by atoms with Crippen LogP contribution in [0, 0.1) is 17.8 Å². The number of aliphatic carboxylic acids is 1. The summed E-state index contributed by atoms with van der Waals surface area (Å²) in [6.07, 6.45) is 8.87. The van der Waals surface area contributed by atoms with Crippen LogP contribution in [0.1, 0.15) is 45.4 Å². The third kappa shape index (κ3) is 4.00. The Bertz CT molecular complexity index is 218. The van der Waals surface area contributed by atoms with Gasteiger partial charge in [-0.25, -0.2) is 0 Å². The minimum absolute atomic E-state index is 0.0692. The quantitative estimate of drug-likeness (QED) is 0.775. The Labute approximate surface area is 103 Å². The van der Waals surface area contributed by atoms with E-state index in [0.717, 1.165) is 37.4 Å². The number of thioether (sulfide) groups is 1. The highest BCUT2D eigenvalue weighted by Gasteiger charge is 2.33. The molecule has 1 rings (SSSR count). The monoisotopic (exact) mass is 244 g/mol. The molecule has 0 bridgehead atoms. The van der Waals surface area contributed by atoms with Crippen LogP contribution in [0.2, 0.25) is 0 Å². The van der Waals surface area contributed by atoms with Crippen molar-refractivity contribution < 1.29 is 9.90 Å². The van der Waals surface area contributed by atoms with Crippen LogP contribution in [-0.2, 0) is 4.79 Å². The van der Waals surface area contributed by atoms with Crippen molar-refractivity contribution in [3.8, 4) is 0 Å². The highest BCUT2D eigenvalue weighted by atomic mass is 32.2. The zero-order valence-corrected chi connectivity index (χ0v) is 11.3. The molecule has 0 aromatic carbocycles. The minimum Gasteiger partial charge on any atom is -0.481 e. The van der Waals surface area contributed by atoms with E-state index in [9.17, 15) is 9.90 Å². The van der Waals surface area contributed by atoms with Gasteiger partial charge in [-0.05, 0) is 49.5 Å². The molecule has 1 fully saturated rings. The van der Waals surface area contributed by atoms with Crippen molar-refractivity contribution >= 4 is 17.7 Å². The van der Waals surface area contributed by atoms with Gasteiger partial charge in [-0.2, -0.15) is 11.8 Å². The summed E-state index contributed by atoms with van der Waals surface area (Å²) in [5.74, 6) is 1.68. The van der Waals surface area contributed by atoms with Gasteiger partial charge in [0.15, 0.2) is 0 Å².